The number of rotatable bonds is 5. The summed E-state index contributed by atoms with van der Waals surface area (Å²) >= 11 is 0. The number of hydrazone groups is 1. The molecule has 3 aromatic rings. The lowest BCUT2D eigenvalue weighted by Crippen LogP contribution is -2.18. The van der Waals surface area contributed by atoms with Crippen molar-refractivity contribution in [3.8, 4) is 0 Å². The largest absolute Gasteiger partial charge is 0.460 e. The normalized spacial score (nSPS) is 11.0. The van der Waals surface area contributed by atoms with Gasteiger partial charge in [0.05, 0.1) is 6.21 Å². The van der Waals surface area contributed by atoms with Crippen molar-refractivity contribution >= 4 is 12.2 Å². The van der Waals surface area contributed by atoms with Crippen LogP contribution in [0.5, 0.6) is 0 Å². The van der Waals surface area contributed by atoms with Gasteiger partial charge in [0.1, 0.15) is 17.2 Å². The van der Waals surface area contributed by atoms with Gasteiger partial charge in [0.2, 0.25) is 5.95 Å². The third-order valence-corrected chi connectivity index (χ3v) is 3.10. The molecule has 0 saturated carbocycles. The highest BCUT2D eigenvalue weighted by Gasteiger charge is 2.05. The fourth-order valence-electron chi connectivity index (χ4n) is 2.00. The van der Waals surface area contributed by atoms with E-state index < -0.39 is 0 Å². The van der Waals surface area contributed by atoms with Gasteiger partial charge < -0.3 is 4.42 Å². The molecule has 0 aliphatic carbocycles. The van der Waals surface area contributed by atoms with Gasteiger partial charge in [-0.15, -0.1) is 10.2 Å². The number of hydrogen-bond acceptors (Lipinski definition) is 6. The van der Waals surface area contributed by atoms with Gasteiger partial charge in [0.15, 0.2) is 0 Å². The van der Waals surface area contributed by atoms with E-state index in [0.717, 1.165) is 11.3 Å². The van der Waals surface area contributed by atoms with E-state index in [2.05, 4.69) is 25.7 Å². The van der Waals surface area contributed by atoms with Crippen LogP contribution in [0.25, 0.3) is 0 Å². The molecular formula is C16H15N5O2. The van der Waals surface area contributed by atoms with Crippen molar-refractivity contribution in [3.05, 3.63) is 75.6 Å². The molecule has 0 fully saturated rings. The summed E-state index contributed by atoms with van der Waals surface area (Å²) in [4.78, 5) is 14.6. The average Bonchev–Trinajstić information content (AvgIpc) is 2.96. The van der Waals surface area contributed by atoms with E-state index in [1.807, 2.05) is 43.3 Å². The zero-order valence-corrected chi connectivity index (χ0v) is 12.5. The molecule has 7 heteroatoms. The maximum absolute atomic E-state index is 12.0. The Bertz CT molecular complexity index is 867. The summed E-state index contributed by atoms with van der Waals surface area (Å²) < 4.78 is 5.33. The monoisotopic (exact) mass is 309 g/mol. The molecule has 2 N–H and O–H groups in total. The Morgan fingerprint density at radius 3 is 2.74 bits per heavy atom. The molecule has 0 amide bonds. The molecule has 2 aromatic heterocycles. The van der Waals surface area contributed by atoms with Gasteiger partial charge >= 0.3 is 0 Å². The standard InChI is InChI=1S/C16H15N5O2/c1-11-7-8-13(23-11)10-17-20-16-18-15(22)14(19-21-16)9-12-5-3-2-4-6-12/h2-8,10H,9H2,1H3,(H2,18,20,21,22)/b17-10+. The first kappa shape index (κ1) is 14.7. The minimum Gasteiger partial charge on any atom is -0.460 e. The average molecular weight is 309 g/mol. The minimum absolute atomic E-state index is 0.173. The van der Waals surface area contributed by atoms with Crippen LogP contribution in [0, 0.1) is 6.92 Å². The summed E-state index contributed by atoms with van der Waals surface area (Å²) in [5.41, 5.74) is 3.67. The predicted octanol–water partition coefficient (Wildman–Crippen LogP) is 2.10. The number of aryl methyl sites for hydroxylation is 1. The molecule has 0 aliphatic heterocycles. The molecule has 0 bridgehead atoms. The molecule has 1 aromatic carbocycles. The topological polar surface area (TPSA) is 96.2 Å². The van der Waals surface area contributed by atoms with E-state index >= 15 is 0 Å². The lowest BCUT2D eigenvalue weighted by molar-refractivity contribution is 0.528. The molecule has 0 saturated heterocycles. The predicted molar refractivity (Wildman–Crippen MR) is 86.6 cm³/mol. The number of hydrogen-bond donors (Lipinski definition) is 2. The number of nitrogens with zero attached hydrogens (tertiary/aromatic N) is 3. The second kappa shape index (κ2) is 6.69. The van der Waals surface area contributed by atoms with Crippen molar-refractivity contribution in [2.75, 3.05) is 5.43 Å². The number of nitrogens with one attached hydrogen (secondary N) is 2. The minimum atomic E-state index is -0.296. The number of aromatic nitrogens is 3. The van der Waals surface area contributed by atoms with Gasteiger partial charge in [-0.2, -0.15) is 5.10 Å². The Morgan fingerprint density at radius 1 is 1.22 bits per heavy atom. The number of H-pyrrole nitrogens is 1. The maximum Gasteiger partial charge on any atom is 0.274 e. The van der Waals surface area contributed by atoms with Crippen molar-refractivity contribution < 1.29 is 4.42 Å². The van der Waals surface area contributed by atoms with E-state index in [9.17, 15) is 4.79 Å². The molecule has 3 rings (SSSR count). The molecule has 0 atom stereocenters. The second-order valence-electron chi connectivity index (χ2n) is 4.93. The number of benzene rings is 1. The van der Waals surface area contributed by atoms with Gasteiger partial charge in [-0.3, -0.25) is 9.78 Å². The third kappa shape index (κ3) is 3.91. The quantitative estimate of drug-likeness (QED) is 0.556. The van der Waals surface area contributed by atoms with Gasteiger partial charge in [-0.25, -0.2) is 5.43 Å². The fraction of sp³-hybridized carbons (Fsp3) is 0.125. The molecule has 23 heavy (non-hydrogen) atoms. The lowest BCUT2D eigenvalue weighted by Gasteiger charge is -2.01. The Kier molecular flexibility index (Phi) is 4.28. The highest BCUT2D eigenvalue weighted by molar-refractivity contribution is 5.76. The van der Waals surface area contributed by atoms with E-state index in [0.29, 0.717) is 17.9 Å². The molecule has 0 spiro atoms. The maximum atomic E-state index is 12.0. The van der Waals surface area contributed by atoms with Crippen LogP contribution in [0.1, 0.15) is 22.8 Å². The van der Waals surface area contributed by atoms with Crippen LogP contribution in [0.2, 0.25) is 0 Å². The van der Waals surface area contributed by atoms with Crippen LogP contribution in [-0.4, -0.2) is 21.4 Å². The molecule has 0 aliphatic rings. The summed E-state index contributed by atoms with van der Waals surface area (Å²) in [5.74, 6) is 1.57. The number of furan rings is 1. The van der Waals surface area contributed by atoms with Crippen LogP contribution >= 0.6 is 0 Å². The van der Waals surface area contributed by atoms with Crippen molar-refractivity contribution in [3.63, 3.8) is 0 Å². The van der Waals surface area contributed by atoms with E-state index in [4.69, 9.17) is 4.42 Å². The van der Waals surface area contributed by atoms with Gasteiger partial charge in [0.25, 0.3) is 5.56 Å². The number of anilines is 1. The SMILES string of the molecule is Cc1ccc(/C=N/Nc2nnc(Cc3ccccc3)c(=O)[nH]2)o1. The fourth-order valence-corrected chi connectivity index (χ4v) is 2.00. The van der Waals surface area contributed by atoms with E-state index in [1.54, 1.807) is 6.07 Å². The first-order valence-electron chi connectivity index (χ1n) is 7.06. The molecule has 7 nitrogen and oxygen atoms in total. The van der Waals surface area contributed by atoms with Crippen LogP contribution in [0.3, 0.4) is 0 Å². The van der Waals surface area contributed by atoms with Crippen LogP contribution in [0.4, 0.5) is 5.95 Å². The van der Waals surface area contributed by atoms with Gasteiger partial charge in [-0.05, 0) is 24.6 Å². The van der Waals surface area contributed by atoms with Gasteiger partial charge in [0, 0.05) is 6.42 Å². The third-order valence-electron chi connectivity index (χ3n) is 3.10. The van der Waals surface area contributed by atoms with E-state index in [-0.39, 0.29) is 11.5 Å². The highest BCUT2D eigenvalue weighted by atomic mass is 16.3. The number of aromatic amines is 1. The lowest BCUT2D eigenvalue weighted by atomic mass is 10.1. The Labute approximate surface area is 132 Å². The molecule has 0 unspecified atom stereocenters. The molecule has 116 valence electrons. The van der Waals surface area contributed by atoms with Crippen LogP contribution in [-0.2, 0) is 6.42 Å². The summed E-state index contributed by atoms with van der Waals surface area (Å²) in [6.07, 6.45) is 1.92. The molecule has 2 heterocycles. The summed E-state index contributed by atoms with van der Waals surface area (Å²) in [6.45, 7) is 1.85. The Hall–Kier alpha value is -3.22. The zero-order chi connectivity index (χ0) is 16.1. The summed E-state index contributed by atoms with van der Waals surface area (Å²) in [6, 6.07) is 13.2. The first-order chi connectivity index (χ1) is 11.2. The van der Waals surface area contributed by atoms with Crippen LogP contribution < -0.4 is 11.0 Å². The Balaban J connectivity index is 1.67. The van der Waals surface area contributed by atoms with Crippen LogP contribution in [0.15, 0.2) is 56.8 Å². The molecular weight excluding hydrogens is 294 g/mol. The first-order valence-corrected chi connectivity index (χ1v) is 7.06. The van der Waals surface area contributed by atoms with Gasteiger partial charge in [-0.1, -0.05) is 30.3 Å². The summed E-state index contributed by atoms with van der Waals surface area (Å²) in [7, 11) is 0. The smallest absolute Gasteiger partial charge is 0.274 e. The van der Waals surface area contributed by atoms with Crippen molar-refractivity contribution in [1.29, 1.82) is 0 Å². The summed E-state index contributed by atoms with van der Waals surface area (Å²) in [5, 5.41) is 11.8. The van der Waals surface area contributed by atoms with Crippen molar-refractivity contribution in [2.24, 2.45) is 5.10 Å². The second-order valence-corrected chi connectivity index (χ2v) is 4.93. The Morgan fingerprint density at radius 2 is 2.04 bits per heavy atom. The molecule has 0 radical (unpaired) electrons. The van der Waals surface area contributed by atoms with Crippen molar-refractivity contribution in [2.45, 2.75) is 13.3 Å². The zero-order valence-electron chi connectivity index (χ0n) is 12.5. The van der Waals surface area contributed by atoms with E-state index in [1.165, 1.54) is 6.21 Å². The van der Waals surface area contributed by atoms with Crippen molar-refractivity contribution in [1.82, 2.24) is 15.2 Å². The highest BCUT2D eigenvalue weighted by Crippen LogP contribution is 2.04.